The van der Waals surface area contributed by atoms with E-state index in [1.54, 1.807) is 0 Å². The molecular formula is C15H12Cl2OS2. The number of thioether (sulfide) groups is 2. The molecule has 0 aliphatic carbocycles. The largest absolute Gasteiger partial charge is 0.391 e. The van der Waals surface area contributed by atoms with Crippen molar-refractivity contribution < 1.29 is 5.11 Å². The molecule has 2 rings (SSSR count). The number of halogens is 2. The topological polar surface area (TPSA) is 20.2 Å². The van der Waals surface area contributed by atoms with Gasteiger partial charge in [-0.05, 0) is 41.8 Å². The van der Waals surface area contributed by atoms with Gasteiger partial charge in [-0.1, -0.05) is 58.9 Å². The van der Waals surface area contributed by atoms with Gasteiger partial charge in [0.25, 0.3) is 0 Å². The normalized spacial score (nSPS) is 11.7. The predicted molar refractivity (Wildman–Crippen MR) is 89.8 cm³/mol. The Bertz CT molecular complexity index is 614. The quantitative estimate of drug-likeness (QED) is 0.702. The molecular weight excluding hydrogens is 331 g/mol. The van der Waals surface area contributed by atoms with E-state index in [1.807, 2.05) is 53.9 Å². The second kappa shape index (κ2) is 8.01. The van der Waals surface area contributed by atoms with E-state index in [9.17, 15) is 5.11 Å². The van der Waals surface area contributed by atoms with Gasteiger partial charge in [0, 0.05) is 24.7 Å². The maximum absolute atomic E-state index is 9.43. The second-order valence-corrected chi connectivity index (χ2v) is 6.89. The van der Waals surface area contributed by atoms with Gasteiger partial charge < -0.3 is 5.11 Å². The zero-order valence-corrected chi connectivity index (χ0v) is 13.6. The molecule has 0 fully saturated rings. The van der Waals surface area contributed by atoms with Crippen LogP contribution in [0.4, 0.5) is 0 Å². The van der Waals surface area contributed by atoms with Crippen LogP contribution in [0, 0.1) is 0 Å². The third kappa shape index (κ3) is 5.08. The van der Waals surface area contributed by atoms with Crippen LogP contribution in [0.15, 0.2) is 68.6 Å². The molecule has 0 bridgehead atoms. The molecule has 0 spiro atoms. The van der Waals surface area contributed by atoms with Gasteiger partial charge in [-0.2, -0.15) is 0 Å². The molecule has 0 unspecified atom stereocenters. The number of aliphatic hydroxyl groups is 1. The Morgan fingerprint density at radius 2 is 1.60 bits per heavy atom. The lowest BCUT2D eigenvalue weighted by Gasteiger charge is -2.05. The lowest BCUT2D eigenvalue weighted by Crippen LogP contribution is -1.84. The maximum atomic E-state index is 9.43. The summed E-state index contributed by atoms with van der Waals surface area (Å²) in [6.45, 7) is -0.00918. The van der Waals surface area contributed by atoms with Gasteiger partial charge in [-0.15, -0.1) is 0 Å². The van der Waals surface area contributed by atoms with Crippen molar-refractivity contribution in [3.8, 4) is 0 Å². The Morgan fingerprint density at radius 3 is 2.20 bits per heavy atom. The van der Waals surface area contributed by atoms with Gasteiger partial charge in [0.1, 0.15) is 0 Å². The summed E-state index contributed by atoms with van der Waals surface area (Å²) in [6, 6.07) is 15.2. The standard InChI is InChI=1S/C15H12Cl2OS2/c16-11-3-1-5-13(7-11)19-10-15(9-18)20-14-6-2-4-12(17)8-14/h1-8,10,18H,9H2/b15-10-. The molecule has 0 heterocycles. The lowest BCUT2D eigenvalue weighted by atomic mass is 10.4. The van der Waals surface area contributed by atoms with Crippen molar-refractivity contribution in [3.05, 3.63) is 68.9 Å². The van der Waals surface area contributed by atoms with Gasteiger partial charge in [0.15, 0.2) is 0 Å². The summed E-state index contributed by atoms with van der Waals surface area (Å²) in [4.78, 5) is 2.90. The van der Waals surface area contributed by atoms with Crippen molar-refractivity contribution in [1.82, 2.24) is 0 Å². The average Bonchev–Trinajstić information content (AvgIpc) is 2.43. The van der Waals surface area contributed by atoms with Gasteiger partial charge in [0.05, 0.1) is 6.61 Å². The van der Waals surface area contributed by atoms with Crippen LogP contribution in [-0.4, -0.2) is 11.7 Å². The monoisotopic (exact) mass is 342 g/mol. The first kappa shape index (κ1) is 15.8. The van der Waals surface area contributed by atoms with Gasteiger partial charge >= 0.3 is 0 Å². The first-order valence-corrected chi connectivity index (χ1v) is 8.28. The molecule has 1 N–H and O–H groups in total. The van der Waals surface area contributed by atoms with Crippen LogP contribution in [0.3, 0.4) is 0 Å². The Hall–Kier alpha value is -0.580. The number of aliphatic hydroxyl groups excluding tert-OH is 1. The smallest absolute Gasteiger partial charge is 0.0749 e. The highest BCUT2D eigenvalue weighted by molar-refractivity contribution is 8.06. The van der Waals surface area contributed by atoms with E-state index in [0.29, 0.717) is 10.0 Å². The van der Waals surface area contributed by atoms with Crippen LogP contribution in [0.1, 0.15) is 0 Å². The van der Waals surface area contributed by atoms with Gasteiger partial charge in [0.2, 0.25) is 0 Å². The van der Waals surface area contributed by atoms with Crippen LogP contribution in [0.25, 0.3) is 0 Å². The Morgan fingerprint density at radius 1 is 1.00 bits per heavy atom. The van der Waals surface area contributed by atoms with E-state index < -0.39 is 0 Å². The molecule has 0 aromatic heterocycles. The summed E-state index contributed by atoms with van der Waals surface area (Å²) in [6.07, 6.45) is 0. The second-order valence-electron chi connectivity index (χ2n) is 3.88. The van der Waals surface area contributed by atoms with Crippen LogP contribution < -0.4 is 0 Å². The van der Waals surface area contributed by atoms with Crippen molar-refractivity contribution in [2.75, 3.05) is 6.61 Å². The molecule has 0 radical (unpaired) electrons. The molecule has 0 saturated heterocycles. The fourth-order valence-electron chi connectivity index (χ4n) is 1.45. The average molecular weight is 343 g/mol. The minimum atomic E-state index is -0.00918. The molecule has 0 saturated carbocycles. The van der Waals surface area contributed by atoms with Gasteiger partial charge in [-0.3, -0.25) is 0 Å². The van der Waals surface area contributed by atoms with Crippen LogP contribution in [0.2, 0.25) is 10.0 Å². The van der Waals surface area contributed by atoms with Crippen molar-refractivity contribution >= 4 is 46.7 Å². The minimum absolute atomic E-state index is 0.00918. The van der Waals surface area contributed by atoms with Crippen molar-refractivity contribution in [2.24, 2.45) is 0 Å². The number of benzene rings is 2. The zero-order chi connectivity index (χ0) is 14.4. The Kier molecular flexibility index (Phi) is 6.33. The molecule has 5 heteroatoms. The zero-order valence-electron chi connectivity index (χ0n) is 10.4. The van der Waals surface area contributed by atoms with Crippen molar-refractivity contribution in [1.29, 1.82) is 0 Å². The summed E-state index contributed by atoms with van der Waals surface area (Å²) in [5.41, 5.74) is 0. The maximum Gasteiger partial charge on any atom is 0.0749 e. The highest BCUT2D eigenvalue weighted by atomic mass is 35.5. The van der Waals surface area contributed by atoms with Gasteiger partial charge in [-0.25, -0.2) is 0 Å². The van der Waals surface area contributed by atoms with Crippen LogP contribution in [-0.2, 0) is 0 Å². The molecule has 0 aliphatic rings. The van der Waals surface area contributed by atoms with Crippen LogP contribution >= 0.6 is 46.7 Å². The number of rotatable bonds is 5. The molecule has 2 aromatic carbocycles. The number of hydrogen-bond donors (Lipinski definition) is 1. The Balaban J connectivity index is 2.06. The third-order valence-corrected chi connectivity index (χ3v) is 4.87. The highest BCUT2D eigenvalue weighted by Crippen LogP contribution is 2.32. The first-order valence-electron chi connectivity index (χ1n) is 5.83. The van der Waals surface area contributed by atoms with Crippen molar-refractivity contribution in [3.63, 3.8) is 0 Å². The molecule has 0 amide bonds. The van der Waals surface area contributed by atoms with E-state index in [-0.39, 0.29) is 6.61 Å². The van der Waals surface area contributed by atoms with Crippen molar-refractivity contribution in [2.45, 2.75) is 9.79 Å². The van der Waals surface area contributed by atoms with E-state index in [1.165, 1.54) is 23.5 Å². The predicted octanol–water partition coefficient (Wildman–Crippen LogP) is 5.71. The molecule has 20 heavy (non-hydrogen) atoms. The highest BCUT2D eigenvalue weighted by Gasteiger charge is 2.01. The minimum Gasteiger partial charge on any atom is -0.391 e. The van der Waals surface area contributed by atoms with E-state index in [2.05, 4.69) is 0 Å². The molecule has 0 atom stereocenters. The summed E-state index contributed by atoms with van der Waals surface area (Å²) in [5, 5.41) is 12.8. The third-order valence-electron chi connectivity index (χ3n) is 2.32. The fourth-order valence-corrected chi connectivity index (χ4v) is 3.69. The molecule has 2 aromatic rings. The molecule has 0 aliphatic heterocycles. The Labute approximate surface area is 137 Å². The summed E-state index contributed by atoms with van der Waals surface area (Å²) < 4.78 is 0. The summed E-state index contributed by atoms with van der Waals surface area (Å²) in [5.74, 6) is 0. The molecule has 104 valence electrons. The SMILES string of the molecule is OC/C(=C/Sc1cccc(Cl)c1)Sc1cccc(Cl)c1. The van der Waals surface area contributed by atoms with E-state index >= 15 is 0 Å². The first-order chi connectivity index (χ1) is 9.67. The molecule has 1 nitrogen and oxygen atoms in total. The fraction of sp³-hybridized carbons (Fsp3) is 0.0667. The summed E-state index contributed by atoms with van der Waals surface area (Å²) in [7, 11) is 0. The van der Waals surface area contributed by atoms with E-state index in [4.69, 9.17) is 23.2 Å². The summed E-state index contributed by atoms with van der Waals surface area (Å²) >= 11 is 14.9. The van der Waals surface area contributed by atoms with Crippen LogP contribution in [0.5, 0.6) is 0 Å². The van der Waals surface area contributed by atoms with E-state index in [0.717, 1.165) is 14.7 Å². The lowest BCUT2D eigenvalue weighted by molar-refractivity contribution is 0.340. The number of hydrogen-bond acceptors (Lipinski definition) is 3.